The van der Waals surface area contributed by atoms with Gasteiger partial charge in [-0.15, -0.1) is 0 Å². The zero-order valence-electron chi connectivity index (χ0n) is 20.0. The van der Waals surface area contributed by atoms with Gasteiger partial charge in [0.2, 0.25) is 15.7 Å². The molecule has 5 rings (SSSR count). The number of aryl methyl sites for hydroxylation is 1. The van der Waals surface area contributed by atoms with Crippen LogP contribution in [0.15, 0.2) is 81.6 Å². The molecule has 1 N–H and O–H groups in total. The average Bonchev–Trinajstić information content (AvgIpc) is 3.31. The molecule has 0 spiro atoms. The third-order valence-corrected chi connectivity index (χ3v) is 8.24. The van der Waals surface area contributed by atoms with Crippen molar-refractivity contribution in [2.75, 3.05) is 6.61 Å². The Kier molecular flexibility index (Phi) is 6.61. The van der Waals surface area contributed by atoms with E-state index in [0.717, 1.165) is 23.7 Å². The molecule has 0 saturated carbocycles. The van der Waals surface area contributed by atoms with E-state index in [0.29, 0.717) is 24.2 Å². The Bertz CT molecular complexity index is 1640. The van der Waals surface area contributed by atoms with Crippen LogP contribution < -0.4 is 5.56 Å². The van der Waals surface area contributed by atoms with Gasteiger partial charge in [0.15, 0.2) is 4.90 Å². The molecule has 0 aliphatic heterocycles. The molecule has 2 aromatic carbocycles. The van der Waals surface area contributed by atoms with Crippen molar-refractivity contribution in [1.82, 2.24) is 14.5 Å². The summed E-state index contributed by atoms with van der Waals surface area (Å²) >= 11 is 0. The SMILES string of the molecule is CCOCc1nc(=O)c(S(=O)(=O)c2ccc(-c3cncc(F)c3)cc2)c(O)n1[C@H]1CCc2ccccc21. The topological polar surface area (TPSA) is 111 Å². The lowest BCUT2D eigenvalue weighted by Gasteiger charge is -2.23. The summed E-state index contributed by atoms with van der Waals surface area (Å²) in [6.45, 7) is 2.08. The molecule has 4 aromatic rings. The van der Waals surface area contributed by atoms with Gasteiger partial charge in [-0.1, -0.05) is 36.4 Å². The molecule has 8 nitrogen and oxygen atoms in total. The first-order valence-electron chi connectivity index (χ1n) is 11.8. The average molecular weight is 522 g/mol. The summed E-state index contributed by atoms with van der Waals surface area (Å²) in [6.07, 6.45) is 3.87. The second kappa shape index (κ2) is 9.87. The Morgan fingerprint density at radius 3 is 2.59 bits per heavy atom. The first kappa shape index (κ1) is 24.8. The van der Waals surface area contributed by atoms with Gasteiger partial charge < -0.3 is 9.84 Å². The molecule has 2 aromatic heterocycles. The van der Waals surface area contributed by atoms with Crippen molar-refractivity contribution >= 4 is 9.84 Å². The molecule has 0 unspecified atom stereocenters. The molecule has 0 bridgehead atoms. The van der Waals surface area contributed by atoms with Crippen molar-refractivity contribution in [3.05, 3.63) is 100 Å². The van der Waals surface area contributed by atoms with Gasteiger partial charge >= 0.3 is 0 Å². The Hall–Kier alpha value is -3.89. The maximum absolute atomic E-state index is 13.6. The van der Waals surface area contributed by atoms with Crippen molar-refractivity contribution in [2.24, 2.45) is 0 Å². The number of pyridine rings is 1. The van der Waals surface area contributed by atoms with Crippen LogP contribution >= 0.6 is 0 Å². The van der Waals surface area contributed by atoms with Crippen LogP contribution in [0.4, 0.5) is 4.39 Å². The number of hydrogen-bond acceptors (Lipinski definition) is 7. The number of benzene rings is 2. The van der Waals surface area contributed by atoms with Crippen molar-refractivity contribution in [1.29, 1.82) is 0 Å². The molecule has 37 heavy (non-hydrogen) atoms. The van der Waals surface area contributed by atoms with Gasteiger partial charge in [-0.25, -0.2) is 12.8 Å². The smallest absolute Gasteiger partial charge is 0.296 e. The van der Waals surface area contributed by atoms with Gasteiger partial charge in [0, 0.05) is 18.4 Å². The minimum absolute atomic E-state index is 0.0609. The molecular weight excluding hydrogens is 497 g/mol. The minimum atomic E-state index is -4.45. The molecule has 190 valence electrons. The van der Waals surface area contributed by atoms with Crippen LogP contribution in [-0.4, -0.2) is 34.7 Å². The number of sulfone groups is 1. The molecule has 0 fully saturated rings. The maximum atomic E-state index is 13.6. The number of nitrogens with zero attached hydrogens (tertiary/aromatic N) is 3. The fourth-order valence-electron chi connectivity index (χ4n) is 4.72. The van der Waals surface area contributed by atoms with E-state index in [-0.39, 0.29) is 17.3 Å². The zero-order chi connectivity index (χ0) is 26.2. The summed E-state index contributed by atoms with van der Waals surface area (Å²) < 4.78 is 47.6. The van der Waals surface area contributed by atoms with Gasteiger partial charge in [-0.2, -0.15) is 4.98 Å². The predicted octanol–water partition coefficient (Wildman–Crippen LogP) is 4.05. The number of aromatic nitrogens is 3. The molecule has 10 heteroatoms. The highest BCUT2D eigenvalue weighted by Crippen LogP contribution is 2.39. The minimum Gasteiger partial charge on any atom is -0.493 e. The number of rotatable bonds is 7. The van der Waals surface area contributed by atoms with Crippen molar-refractivity contribution in [2.45, 2.75) is 42.2 Å². The third kappa shape index (κ3) is 4.54. The van der Waals surface area contributed by atoms with Crippen molar-refractivity contribution in [3.63, 3.8) is 0 Å². The highest BCUT2D eigenvalue weighted by Gasteiger charge is 2.34. The van der Waals surface area contributed by atoms with Gasteiger partial charge in [0.05, 0.1) is 17.1 Å². The second-order valence-electron chi connectivity index (χ2n) is 8.67. The molecule has 1 atom stereocenters. The Balaban J connectivity index is 1.62. The highest BCUT2D eigenvalue weighted by molar-refractivity contribution is 7.91. The predicted molar refractivity (Wildman–Crippen MR) is 133 cm³/mol. The van der Waals surface area contributed by atoms with E-state index in [2.05, 4.69) is 9.97 Å². The van der Waals surface area contributed by atoms with E-state index in [4.69, 9.17) is 4.74 Å². The van der Waals surface area contributed by atoms with Gasteiger partial charge in [0.1, 0.15) is 18.2 Å². The van der Waals surface area contributed by atoms with E-state index < -0.39 is 38.0 Å². The number of halogens is 1. The largest absolute Gasteiger partial charge is 0.493 e. The van der Waals surface area contributed by atoms with Crippen LogP contribution in [0.3, 0.4) is 0 Å². The van der Waals surface area contributed by atoms with Crippen LogP contribution in [0, 0.1) is 5.82 Å². The summed E-state index contributed by atoms with van der Waals surface area (Å²) in [7, 11) is -4.45. The fraction of sp³-hybridized carbons (Fsp3) is 0.222. The lowest BCUT2D eigenvalue weighted by molar-refractivity contribution is 0.121. The molecule has 0 radical (unpaired) electrons. The standard InChI is InChI=1S/C27H24FN3O5S/c1-2-36-16-24-30-26(32)25(27(33)31(24)23-12-9-18-5-3-4-6-22(18)23)37(34,35)21-10-7-17(8-11-21)19-13-20(28)15-29-14-19/h3-8,10-11,13-15,23,33H,2,9,12,16H2,1H3/t23-/m0/s1. The van der Waals surface area contributed by atoms with Crippen molar-refractivity contribution < 1.29 is 22.7 Å². The van der Waals surface area contributed by atoms with Gasteiger partial charge in [-0.3, -0.25) is 14.3 Å². The van der Waals surface area contributed by atoms with Crippen LogP contribution in [0.2, 0.25) is 0 Å². The monoisotopic (exact) mass is 521 g/mol. The number of hydrogen-bond donors (Lipinski definition) is 1. The van der Waals surface area contributed by atoms with Crippen LogP contribution in [0.25, 0.3) is 11.1 Å². The summed E-state index contributed by atoms with van der Waals surface area (Å²) in [5.41, 5.74) is 1.96. The summed E-state index contributed by atoms with van der Waals surface area (Å²) in [5, 5.41) is 11.3. The molecule has 0 amide bonds. The summed E-state index contributed by atoms with van der Waals surface area (Å²) in [6, 6.07) is 14.2. The molecular formula is C27H24FN3O5S. The van der Waals surface area contributed by atoms with Gasteiger partial charge in [-0.05, 0) is 54.7 Å². The highest BCUT2D eigenvalue weighted by atomic mass is 32.2. The summed E-state index contributed by atoms with van der Waals surface area (Å²) in [5.74, 6) is -1.04. The van der Waals surface area contributed by atoms with E-state index >= 15 is 0 Å². The normalized spacial score (nSPS) is 15.0. The number of aromatic hydroxyl groups is 1. The van der Waals surface area contributed by atoms with E-state index in [1.54, 1.807) is 6.92 Å². The Labute approximate surface area is 213 Å². The van der Waals surface area contributed by atoms with E-state index in [1.165, 1.54) is 41.1 Å². The van der Waals surface area contributed by atoms with Crippen LogP contribution in [-0.2, 0) is 27.6 Å². The Morgan fingerprint density at radius 2 is 1.86 bits per heavy atom. The van der Waals surface area contributed by atoms with Crippen LogP contribution in [0.5, 0.6) is 5.88 Å². The molecule has 1 aliphatic carbocycles. The maximum Gasteiger partial charge on any atom is 0.296 e. The lowest BCUT2D eigenvalue weighted by Crippen LogP contribution is -2.27. The molecule has 1 aliphatic rings. The number of ether oxygens (including phenoxy) is 1. The second-order valence-corrected chi connectivity index (χ2v) is 10.6. The van der Waals surface area contributed by atoms with E-state index in [1.807, 2.05) is 24.3 Å². The fourth-order valence-corrected chi connectivity index (χ4v) is 6.07. The third-order valence-electron chi connectivity index (χ3n) is 6.45. The first-order chi connectivity index (χ1) is 17.8. The lowest BCUT2D eigenvalue weighted by atomic mass is 10.1. The zero-order valence-corrected chi connectivity index (χ0v) is 20.8. The number of fused-ring (bicyclic) bond motifs is 1. The van der Waals surface area contributed by atoms with Crippen LogP contribution in [0.1, 0.15) is 36.3 Å². The van der Waals surface area contributed by atoms with E-state index in [9.17, 15) is 22.7 Å². The molecule has 0 saturated heterocycles. The van der Waals surface area contributed by atoms with Crippen molar-refractivity contribution in [3.8, 4) is 17.0 Å². The quantitative estimate of drug-likeness (QED) is 0.390. The first-order valence-corrected chi connectivity index (χ1v) is 13.3. The molecule has 2 heterocycles. The summed E-state index contributed by atoms with van der Waals surface area (Å²) in [4.78, 5) is 19.9. The Morgan fingerprint density at radius 1 is 1.11 bits per heavy atom. The van der Waals surface area contributed by atoms with Gasteiger partial charge in [0.25, 0.3) is 5.56 Å².